The minimum Gasteiger partial charge on any atom is -0.494 e. The summed E-state index contributed by atoms with van der Waals surface area (Å²) in [4.78, 5) is 25.0. The summed E-state index contributed by atoms with van der Waals surface area (Å²) >= 11 is 1.67. The van der Waals surface area contributed by atoms with Crippen LogP contribution in [0.5, 0.6) is 5.75 Å². The molecule has 150 valence electrons. The first-order valence-electron chi connectivity index (χ1n) is 9.71. The van der Waals surface area contributed by atoms with Crippen LogP contribution in [0.2, 0.25) is 0 Å². The smallest absolute Gasteiger partial charge is 0.224 e. The van der Waals surface area contributed by atoms with Gasteiger partial charge in [0.2, 0.25) is 11.8 Å². The van der Waals surface area contributed by atoms with Crippen LogP contribution >= 0.6 is 11.3 Å². The van der Waals surface area contributed by atoms with Gasteiger partial charge in [0, 0.05) is 23.4 Å². The molecular formula is C22H28N2O3S. The van der Waals surface area contributed by atoms with E-state index in [2.05, 4.69) is 37.5 Å². The molecular weight excluding hydrogens is 372 g/mol. The minimum absolute atomic E-state index is 0.0109. The van der Waals surface area contributed by atoms with Gasteiger partial charge in [0.15, 0.2) is 0 Å². The van der Waals surface area contributed by atoms with E-state index in [9.17, 15) is 9.59 Å². The van der Waals surface area contributed by atoms with E-state index in [1.807, 2.05) is 29.6 Å². The number of ether oxygens (including phenoxy) is 1. The molecule has 2 N–H and O–H groups in total. The van der Waals surface area contributed by atoms with E-state index in [0.717, 1.165) is 23.4 Å². The topological polar surface area (TPSA) is 67.4 Å². The van der Waals surface area contributed by atoms with Crippen molar-refractivity contribution < 1.29 is 14.3 Å². The zero-order valence-electron chi connectivity index (χ0n) is 16.7. The highest BCUT2D eigenvalue weighted by molar-refractivity contribution is 7.10. The van der Waals surface area contributed by atoms with Gasteiger partial charge in [-0.25, -0.2) is 0 Å². The second-order valence-electron chi connectivity index (χ2n) is 8.20. The van der Waals surface area contributed by atoms with Crippen molar-refractivity contribution in [2.75, 3.05) is 11.9 Å². The highest BCUT2D eigenvalue weighted by Gasteiger charge is 2.28. The molecule has 0 saturated heterocycles. The standard InChI is InChI=1S/C22H28N2O3S/c1-22(2,3)21(18-6-5-13-28-18)24-19(25)7-4-12-27-16-9-10-17-15(14-16)8-11-20(26)23-17/h5-6,9-10,13-14,21H,4,7-8,11-12H2,1-3H3,(H,23,26)(H,24,25). The van der Waals surface area contributed by atoms with Crippen LogP contribution in [0.15, 0.2) is 35.7 Å². The summed E-state index contributed by atoms with van der Waals surface area (Å²) in [6, 6.07) is 9.81. The van der Waals surface area contributed by atoms with Crippen molar-refractivity contribution in [1.82, 2.24) is 5.32 Å². The van der Waals surface area contributed by atoms with Crippen molar-refractivity contribution in [1.29, 1.82) is 0 Å². The summed E-state index contributed by atoms with van der Waals surface area (Å²) < 4.78 is 5.80. The summed E-state index contributed by atoms with van der Waals surface area (Å²) in [7, 11) is 0. The quantitative estimate of drug-likeness (QED) is 0.662. The van der Waals surface area contributed by atoms with E-state index in [4.69, 9.17) is 4.74 Å². The van der Waals surface area contributed by atoms with Crippen molar-refractivity contribution in [3.63, 3.8) is 0 Å². The lowest BCUT2D eigenvalue weighted by molar-refractivity contribution is -0.122. The van der Waals surface area contributed by atoms with Gasteiger partial charge in [-0.3, -0.25) is 9.59 Å². The minimum atomic E-state index is -0.0461. The number of amides is 2. The molecule has 1 unspecified atom stereocenters. The maximum Gasteiger partial charge on any atom is 0.224 e. The zero-order valence-corrected chi connectivity index (χ0v) is 17.5. The third-order valence-corrected chi connectivity index (χ3v) is 5.73. The van der Waals surface area contributed by atoms with E-state index in [1.54, 1.807) is 11.3 Å². The van der Waals surface area contributed by atoms with Crippen molar-refractivity contribution in [2.45, 2.75) is 52.5 Å². The van der Waals surface area contributed by atoms with E-state index >= 15 is 0 Å². The first kappa shape index (κ1) is 20.4. The maximum absolute atomic E-state index is 12.4. The van der Waals surface area contributed by atoms with Gasteiger partial charge in [0.05, 0.1) is 12.6 Å². The van der Waals surface area contributed by atoms with Gasteiger partial charge in [-0.05, 0) is 53.5 Å². The lowest BCUT2D eigenvalue weighted by Crippen LogP contribution is -2.36. The number of nitrogens with one attached hydrogen (secondary N) is 2. The second kappa shape index (κ2) is 8.78. The van der Waals surface area contributed by atoms with E-state index < -0.39 is 0 Å². The molecule has 1 aromatic carbocycles. The predicted molar refractivity (Wildman–Crippen MR) is 113 cm³/mol. The Morgan fingerprint density at radius 1 is 1.29 bits per heavy atom. The number of hydrogen-bond donors (Lipinski definition) is 2. The number of thiophene rings is 1. The average molecular weight is 401 g/mol. The molecule has 2 heterocycles. The van der Waals surface area contributed by atoms with Gasteiger partial charge in [-0.15, -0.1) is 11.3 Å². The number of hydrogen-bond acceptors (Lipinski definition) is 4. The largest absolute Gasteiger partial charge is 0.494 e. The molecule has 2 aromatic rings. The number of carbonyl (C=O) groups excluding carboxylic acids is 2. The second-order valence-corrected chi connectivity index (χ2v) is 9.18. The number of rotatable bonds is 7. The third kappa shape index (κ3) is 5.35. The summed E-state index contributed by atoms with van der Waals surface area (Å²) in [6.07, 6.45) is 2.33. The molecule has 0 fully saturated rings. The molecule has 0 bridgehead atoms. The van der Waals surface area contributed by atoms with Crippen LogP contribution in [0.25, 0.3) is 0 Å². The van der Waals surface area contributed by atoms with Crippen LogP contribution in [-0.4, -0.2) is 18.4 Å². The molecule has 5 nitrogen and oxygen atoms in total. The lowest BCUT2D eigenvalue weighted by Gasteiger charge is -2.30. The van der Waals surface area contributed by atoms with Crippen molar-refractivity contribution in [3.05, 3.63) is 46.2 Å². The Labute approximate surface area is 170 Å². The molecule has 1 aliphatic rings. The molecule has 1 aromatic heterocycles. The number of fused-ring (bicyclic) bond motifs is 1. The molecule has 0 aliphatic carbocycles. The molecule has 1 aliphatic heterocycles. The summed E-state index contributed by atoms with van der Waals surface area (Å²) in [6.45, 7) is 6.90. The fourth-order valence-corrected chi connectivity index (χ4v) is 4.30. The highest BCUT2D eigenvalue weighted by Crippen LogP contribution is 2.35. The van der Waals surface area contributed by atoms with Gasteiger partial charge >= 0.3 is 0 Å². The normalized spacial score (nSPS) is 14.8. The molecule has 1 atom stereocenters. The monoisotopic (exact) mass is 400 g/mol. The average Bonchev–Trinajstić information content (AvgIpc) is 3.16. The number of aryl methyl sites for hydroxylation is 1. The number of benzene rings is 1. The fraction of sp³-hybridized carbons (Fsp3) is 0.455. The maximum atomic E-state index is 12.4. The van der Waals surface area contributed by atoms with Crippen molar-refractivity contribution in [2.24, 2.45) is 5.41 Å². The molecule has 0 radical (unpaired) electrons. The van der Waals surface area contributed by atoms with Gasteiger partial charge in [0.1, 0.15) is 5.75 Å². The molecule has 28 heavy (non-hydrogen) atoms. The fourth-order valence-electron chi connectivity index (χ4n) is 3.28. The summed E-state index contributed by atoms with van der Waals surface area (Å²) in [5, 5.41) is 8.08. The predicted octanol–water partition coefficient (Wildman–Crippen LogP) is 4.70. The van der Waals surface area contributed by atoms with Gasteiger partial charge in [-0.1, -0.05) is 26.8 Å². The Kier molecular flexibility index (Phi) is 6.39. The lowest BCUT2D eigenvalue weighted by atomic mass is 9.85. The van der Waals surface area contributed by atoms with Crippen LogP contribution in [0, 0.1) is 5.41 Å². The SMILES string of the molecule is CC(C)(C)C(NC(=O)CCCOc1ccc2c(c1)CCC(=O)N2)c1cccs1. The first-order chi connectivity index (χ1) is 13.3. The van der Waals surface area contributed by atoms with Gasteiger partial charge in [0.25, 0.3) is 0 Å². The molecule has 0 saturated carbocycles. The molecule has 0 spiro atoms. The number of anilines is 1. The molecule has 6 heteroatoms. The van der Waals surface area contributed by atoms with Crippen LogP contribution in [-0.2, 0) is 16.0 Å². The van der Waals surface area contributed by atoms with Crippen molar-refractivity contribution in [3.8, 4) is 5.75 Å². The van der Waals surface area contributed by atoms with Crippen LogP contribution in [0.4, 0.5) is 5.69 Å². The van der Waals surface area contributed by atoms with Crippen LogP contribution in [0.1, 0.15) is 56.5 Å². The third-order valence-electron chi connectivity index (χ3n) is 4.79. The van der Waals surface area contributed by atoms with Gasteiger partial charge < -0.3 is 15.4 Å². The summed E-state index contributed by atoms with van der Waals surface area (Å²) in [5.41, 5.74) is 1.92. The van der Waals surface area contributed by atoms with Crippen molar-refractivity contribution >= 4 is 28.8 Å². The van der Waals surface area contributed by atoms with Crippen LogP contribution in [0.3, 0.4) is 0 Å². The Bertz CT molecular complexity index is 825. The van der Waals surface area contributed by atoms with E-state index in [0.29, 0.717) is 25.9 Å². The Morgan fingerprint density at radius 3 is 2.82 bits per heavy atom. The highest BCUT2D eigenvalue weighted by atomic mass is 32.1. The summed E-state index contributed by atoms with van der Waals surface area (Å²) in [5.74, 6) is 0.884. The Morgan fingerprint density at radius 2 is 2.11 bits per heavy atom. The molecule has 2 amide bonds. The molecule has 3 rings (SSSR count). The first-order valence-corrected chi connectivity index (χ1v) is 10.6. The number of carbonyl (C=O) groups is 2. The van der Waals surface area contributed by atoms with Gasteiger partial charge in [-0.2, -0.15) is 0 Å². The van der Waals surface area contributed by atoms with E-state index in [1.165, 1.54) is 4.88 Å². The Hall–Kier alpha value is -2.34. The Balaban J connectivity index is 1.46. The zero-order chi connectivity index (χ0) is 20.1. The van der Waals surface area contributed by atoms with Crippen LogP contribution < -0.4 is 15.4 Å². The van der Waals surface area contributed by atoms with E-state index in [-0.39, 0.29) is 23.3 Å².